The minimum absolute atomic E-state index is 0.611. The van der Waals surface area contributed by atoms with E-state index in [4.69, 9.17) is 9.97 Å². The third kappa shape index (κ3) is 5.70. The van der Waals surface area contributed by atoms with Crippen LogP contribution in [0.1, 0.15) is 0 Å². The second-order valence-electron chi connectivity index (χ2n) is 10.3. The number of rotatable bonds is 7. The number of para-hydroxylation sites is 2. The predicted molar refractivity (Wildman–Crippen MR) is 178 cm³/mol. The van der Waals surface area contributed by atoms with Gasteiger partial charge in [0.15, 0.2) is 0 Å². The zero-order valence-corrected chi connectivity index (χ0v) is 23.6. The van der Waals surface area contributed by atoms with E-state index in [0.29, 0.717) is 5.95 Å². The van der Waals surface area contributed by atoms with Gasteiger partial charge in [-0.15, -0.1) is 0 Å². The Morgan fingerprint density at radius 1 is 0.302 bits per heavy atom. The highest BCUT2D eigenvalue weighted by molar-refractivity contribution is 5.80. The van der Waals surface area contributed by atoms with E-state index in [1.165, 1.54) is 11.1 Å². The third-order valence-electron chi connectivity index (χ3n) is 7.47. The van der Waals surface area contributed by atoms with E-state index >= 15 is 0 Å². The maximum atomic E-state index is 5.21. The number of hydrogen-bond acceptors (Lipinski definition) is 3. The third-order valence-corrected chi connectivity index (χ3v) is 7.47. The van der Waals surface area contributed by atoms with Gasteiger partial charge in [0.05, 0.1) is 11.4 Å². The molecule has 0 fully saturated rings. The van der Waals surface area contributed by atoms with Crippen LogP contribution in [0, 0.1) is 0 Å². The van der Waals surface area contributed by atoms with E-state index in [1.807, 2.05) is 48.5 Å². The predicted octanol–water partition coefficient (Wildman–Crippen LogP) is 10.6. The van der Waals surface area contributed by atoms with Crippen molar-refractivity contribution in [3.8, 4) is 44.8 Å². The largest absolute Gasteiger partial charge is 0.279 e. The van der Waals surface area contributed by atoms with Crippen molar-refractivity contribution in [2.45, 2.75) is 0 Å². The lowest BCUT2D eigenvalue weighted by atomic mass is 9.99. The molecule has 0 saturated heterocycles. The molecule has 0 saturated carbocycles. The minimum atomic E-state index is 0.611. The Morgan fingerprint density at radius 2 is 0.651 bits per heavy atom. The van der Waals surface area contributed by atoms with Crippen molar-refractivity contribution < 1.29 is 0 Å². The molecular weight excluding hydrogens is 522 g/mol. The zero-order valence-electron chi connectivity index (χ0n) is 23.6. The average Bonchev–Trinajstić information content (AvgIpc) is 3.10. The first-order valence-electron chi connectivity index (χ1n) is 14.4. The van der Waals surface area contributed by atoms with Gasteiger partial charge < -0.3 is 0 Å². The van der Waals surface area contributed by atoms with E-state index < -0.39 is 0 Å². The highest BCUT2D eigenvalue weighted by Gasteiger charge is 2.18. The summed E-state index contributed by atoms with van der Waals surface area (Å²) in [4.78, 5) is 12.5. The number of hydrogen-bond donors (Lipinski definition) is 0. The SMILES string of the molecule is c1ccc(-c2cccc(-c3cc(-c4cccc(-c5ccccc5)c4)nc(N(c4ccccc4)c4ccccc4)n3)c2)cc1. The molecule has 6 aromatic carbocycles. The van der Waals surface area contributed by atoms with Gasteiger partial charge in [-0.1, -0.05) is 133 Å². The van der Waals surface area contributed by atoms with E-state index in [0.717, 1.165) is 45.0 Å². The van der Waals surface area contributed by atoms with Crippen molar-refractivity contribution >= 4 is 17.3 Å². The van der Waals surface area contributed by atoms with Crippen LogP contribution in [0.3, 0.4) is 0 Å². The second kappa shape index (κ2) is 12.0. The van der Waals surface area contributed by atoms with E-state index in [2.05, 4.69) is 132 Å². The Kier molecular flexibility index (Phi) is 7.27. The van der Waals surface area contributed by atoms with Gasteiger partial charge in [-0.2, -0.15) is 0 Å². The molecule has 0 aliphatic rings. The fourth-order valence-corrected chi connectivity index (χ4v) is 5.34. The first kappa shape index (κ1) is 26.1. The molecule has 0 bridgehead atoms. The molecule has 0 radical (unpaired) electrons. The Morgan fingerprint density at radius 3 is 1.07 bits per heavy atom. The molecule has 7 rings (SSSR count). The average molecular weight is 552 g/mol. The van der Waals surface area contributed by atoms with Gasteiger partial charge in [0.2, 0.25) is 5.95 Å². The lowest BCUT2D eigenvalue weighted by molar-refractivity contribution is 1.09. The lowest BCUT2D eigenvalue weighted by Crippen LogP contribution is -2.14. The van der Waals surface area contributed by atoms with Crippen LogP contribution >= 0.6 is 0 Å². The topological polar surface area (TPSA) is 29.0 Å². The highest BCUT2D eigenvalue weighted by Crippen LogP contribution is 2.36. The molecule has 0 aliphatic carbocycles. The maximum absolute atomic E-state index is 5.21. The van der Waals surface area contributed by atoms with Crippen molar-refractivity contribution in [2.75, 3.05) is 4.90 Å². The molecule has 0 atom stereocenters. The van der Waals surface area contributed by atoms with Crippen molar-refractivity contribution in [3.05, 3.63) is 176 Å². The number of nitrogens with zero attached hydrogens (tertiary/aromatic N) is 3. The molecule has 1 aromatic heterocycles. The molecule has 3 heteroatoms. The van der Waals surface area contributed by atoms with Crippen LogP contribution in [0.2, 0.25) is 0 Å². The molecule has 0 spiro atoms. The standard InChI is InChI=1S/C40H29N3/c1-5-15-30(16-6-1)32-19-13-21-34(27-32)38-29-39(35-22-14-20-33(28-35)31-17-7-2-8-18-31)42-40(41-38)43(36-23-9-3-10-24-36)37-25-11-4-12-26-37/h1-29H. The second-order valence-corrected chi connectivity index (χ2v) is 10.3. The fourth-order valence-electron chi connectivity index (χ4n) is 5.34. The molecule has 3 nitrogen and oxygen atoms in total. The van der Waals surface area contributed by atoms with Gasteiger partial charge in [-0.3, -0.25) is 4.90 Å². The summed E-state index contributed by atoms with van der Waals surface area (Å²) in [6.45, 7) is 0. The summed E-state index contributed by atoms with van der Waals surface area (Å²) in [6.07, 6.45) is 0. The van der Waals surface area contributed by atoms with Gasteiger partial charge in [0, 0.05) is 22.5 Å². The van der Waals surface area contributed by atoms with Crippen molar-refractivity contribution in [2.24, 2.45) is 0 Å². The Bertz CT molecular complexity index is 1810. The van der Waals surface area contributed by atoms with Crippen LogP contribution in [0.5, 0.6) is 0 Å². The van der Waals surface area contributed by atoms with E-state index in [1.54, 1.807) is 0 Å². The minimum Gasteiger partial charge on any atom is -0.279 e. The van der Waals surface area contributed by atoms with Crippen LogP contribution in [-0.2, 0) is 0 Å². The zero-order chi connectivity index (χ0) is 28.8. The summed E-state index contributed by atoms with van der Waals surface area (Å²) >= 11 is 0. The van der Waals surface area contributed by atoms with Crippen LogP contribution in [-0.4, -0.2) is 9.97 Å². The Balaban J connectivity index is 1.43. The molecule has 0 N–H and O–H groups in total. The summed E-state index contributed by atoms with van der Waals surface area (Å²) < 4.78 is 0. The molecule has 0 amide bonds. The van der Waals surface area contributed by atoms with Crippen LogP contribution in [0.15, 0.2) is 176 Å². The molecule has 204 valence electrons. The molecule has 0 aliphatic heterocycles. The Labute approximate surface area is 252 Å². The monoisotopic (exact) mass is 551 g/mol. The van der Waals surface area contributed by atoms with E-state index in [-0.39, 0.29) is 0 Å². The maximum Gasteiger partial charge on any atom is 0.235 e. The molecule has 43 heavy (non-hydrogen) atoms. The van der Waals surface area contributed by atoms with E-state index in [9.17, 15) is 0 Å². The summed E-state index contributed by atoms with van der Waals surface area (Å²) in [5, 5.41) is 0. The summed E-state index contributed by atoms with van der Waals surface area (Å²) in [5.74, 6) is 0.611. The normalized spacial score (nSPS) is 10.8. The van der Waals surface area contributed by atoms with Crippen molar-refractivity contribution in [1.29, 1.82) is 0 Å². The molecular formula is C40H29N3. The lowest BCUT2D eigenvalue weighted by Gasteiger charge is -2.24. The Hall–Kier alpha value is -5.80. The van der Waals surface area contributed by atoms with Crippen molar-refractivity contribution in [3.63, 3.8) is 0 Å². The smallest absolute Gasteiger partial charge is 0.235 e. The van der Waals surface area contributed by atoms with Crippen LogP contribution in [0.25, 0.3) is 44.8 Å². The number of aromatic nitrogens is 2. The van der Waals surface area contributed by atoms with Gasteiger partial charge >= 0.3 is 0 Å². The van der Waals surface area contributed by atoms with Gasteiger partial charge in [-0.25, -0.2) is 9.97 Å². The molecule has 7 aromatic rings. The van der Waals surface area contributed by atoms with Gasteiger partial charge in [-0.05, 0) is 64.7 Å². The summed E-state index contributed by atoms with van der Waals surface area (Å²) in [5.41, 5.74) is 10.4. The molecule has 0 unspecified atom stereocenters. The molecule has 1 heterocycles. The summed E-state index contributed by atoms with van der Waals surface area (Å²) in [6, 6.07) is 60.8. The number of benzene rings is 6. The van der Waals surface area contributed by atoms with Crippen LogP contribution in [0.4, 0.5) is 17.3 Å². The summed E-state index contributed by atoms with van der Waals surface area (Å²) in [7, 11) is 0. The fraction of sp³-hybridized carbons (Fsp3) is 0. The van der Waals surface area contributed by atoms with Gasteiger partial charge in [0.25, 0.3) is 0 Å². The first-order valence-corrected chi connectivity index (χ1v) is 14.4. The van der Waals surface area contributed by atoms with Gasteiger partial charge in [0.1, 0.15) is 0 Å². The first-order chi connectivity index (χ1) is 21.3. The number of anilines is 3. The quantitative estimate of drug-likeness (QED) is 0.197. The van der Waals surface area contributed by atoms with Crippen LogP contribution < -0.4 is 4.90 Å². The van der Waals surface area contributed by atoms with Crippen molar-refractivity contribution in [1.82, 2.24) is 9.97 Å². The highest BCUT2D eigenvalue weighted by atomic mass is 15.3.